The average molecular weight is 374 g/mol. The van der Waals surface area contributed by atoms with Crippen molar-refractivity contribution in [1.29, 1.82) is 0 Å². The highest BCUT2D eigenvalue weighted by Crippen LogP contribution is 2.38. The van der Waals surface area contributed by atoms with Gasteiger partial charge in [-0.1, -0.05) is 31.9 Å². The minimum absolute atomic E-state index is 0.0209. The molecule has 1 aromatic rings. The van der Waals surface area contributed by atoms with Gasteiger partial charge in [0.15, 0.2) is 0 Å². The normalized spacial score (nSPS) is 21.5. The van der Waals surface area contributed by atoms with Crippen LogP contribution in [0.25, 0.3) is 0 Å². The monoisotopic (exact) mass is 373 g/mol. The number of quaternary nitrogens is 1. The van der Waals surface area contributed by atoms with Gasteiger partial charge in [-0.05, 0) is 43.3 Å². The van der Waals surface area contributed by atoms with Crippen LogP contribution >= 0.6 is 23.5 Å². The zero-order valence-corrected chi connectivity index (χ0v) is 16.2. The molecule has 2 rings (SSSR count). The summed E-state index contributed by atoms with van der Waals surface area (Å²) in [5.74, 6) is -0.378. The molecule has 0 aliphatic heterocycles. The number of para-hydroxylation sites is 1. The van der Waals surface area contributed by atoms with E-state index in [1.165, 1.54) is 22.3 Å². The van der Waals surface area contributed by atoms with Gasteiger partial charge in [-0.15, -0.1) is 11.6 Å². The molecule has 1 saturated carbocycles. The Bertz CT molecular complexity index is 570. The summed E-state index contributed by atoms with van der Waals surface area (Å²) in [6.45, 7) is 2.75. The lowest BCUT2D eigenvalue weighted by Gasteiger charge is -2.35. The van der Waals surface area contributed by atoms with E-state index in [0.29, 0.717) is 12.2 Å². The van der Waals surface area contributed by atoms with Gasteiger partial charge in [0.1, 0.15) is 5.82 Å². The summed E-state index contributed by atoms with van der Waals surface area (Å²) in [6.07, 6.45) is 5.02. The largest absolute Gasteiger partial charge is 0.433 e. The number of amides is 2. The van der Waals surface area contributed by atoms with Crippen molar-refractivity contribution in [3.8, 4) is 0 Å². The maximum absolute atomic E-state index is 14.4. The van der Waals surface area contributed by atoms with E-state index in [-0.39, 0.29) is 27.0 Å². The predicted octanol–water partition coefficient (Wildman–Crippen LogP) is 5.44. The van der Waals surface area contributed by atoms with E-state index in [4.69, 9.17) is 11.6 Å². The summed E-state index contributed by atoms with van der Waals surface area (Å²) in [5.41, 5.74) is 0.323. The van der Waals surface area contributed by atoms with Crippen LogP contribution in [0, 0.1) is 5.82 Å². The average Bonchev–Trinajstić information content (AvgIpc) is 2.54. The summed E-state index contributed by atoms with van der Waals surface area (Å²) < 4.78 is 16.1. The second-order valence-electron chi connectivity index (χ2n) is 6.88. The lowest BCUT2D eigenvalue weighted by Crippen LogP contribution is -2.52. The van der Waals surface area contributed by atoms with Gasteiger partial charge in [0.2, 0.25) is 0 Å². The van der Waals surface area contributed by atoms with E-state index in [2.05, 4.69) is 0 Å². The van der Waals surface area contributed by atoms with Gasteiger partial charge in [-0.3, -0.25) is 0 Å². The van der Waals surface area contributed by atoms with Gasteiger partial charge in [0.05, 0.1) is 26.3 Å². The van der Waals surface area contributed by atoms with Crippen molar-refractivity contribution < 1.29 is 13.7 Å². The summed E-state index contributed by atoms with van der Waals surface area (Å²) in [4.78, 5) is 13.2. The Hall–Kier alpha value is -0.780. The Kier molecular flexibility index (Phi) is 6.96. The van der Waals surface area contributed by atoms with Gasteiger partial charge in [0, 0.05) is 10.6 Å². The number of nitrogens with zero attached hydrogens (tertiary/aromatic N) is 2. The van der Waals surface area contributed by atoms with E-state index in [1.54, 1.807) is 18.2 Å². The third-order valence-corrected chi connectivity index (χ3v) is 6.48. The Labute approximate surface area is 153 Å². The van der Waals surface area contributed by atoms with Crippen LogP contribution in [0.4, 0.5) is 14.9 Å². The zero-order valence-electron chi connectivity index (χ0n) is 14.7. The summed E-state index contributed by atoms with van der Waals surface area (Å²) in [5, 5.41) is 0.151. The van der Waals surface area contributed by atoms with Crippen LogP contribution in [0.2, 0.25) is 0 Å². The third-order valence-electron chi connectivity index (χ3n) is 4.41. The molecular formula is C18H27ClFN2OS+. The number of urea groups is 1. The first-order chi connectivity index (χ1) is 11.4. The van der Waals surface area contributed by atoms with E-state index in [0.717, 1.165) is 32.1 Å². The van der Waals surface area contributed by atoms with Gasteiger partial charge >= 0.3 is 6.03 Å². The molecule has 0 bridgehead atoms. The molecule has 24 heavy (non-hydrogen) atoms. The van der Waals surface area contributed by atoms with Crippen molar-refractivity contribution in [3.63, 3.8) is 0 Å². The molecule has 2 amide bonds. The number of rotatable bonds is 5. The first-order valence-corrected chi connectivity index (χ1v) is 9.87. The molecule has 3 nitrogen and oxygen atoms in total. The van der Waals surface area contributed by atoms with E-state index >= 15 is 0 Å². The predicted molar refractivity (Wildman–Crippen MR) is 101 cm³/mol. The molecule has 0 spiro atoms. The van der Waals surface area contributed by atoms with Crippen molar-refractivity contribution in [1.82, 2.24) is 0 Å². The van der Waals surface area contributed by atoms with Gasteiger partial charge in [-0.2, -0.15) is 0 Å². The third kappa shape index (κ3) is 4.64. The van der Waals surface area contributed by atoms with Crippen molar-refractivity contribution in [2.75, 3.05) is 24.9 Å². The molecular weight excluding hydrogens is 347 g/mol. The minimum Gasteiger partial charge on any atom is -0.244 e. The molecule has 1 aliphatic carbocycles. The summed E-state index contributed by atoms with van der Waals surface area (Å²) in [6, 6.07) is 6.36. The van der Waals surface area contributed by atoms with Crippen LogP contribution < -0.4 is 4.31 Å². The first kappa shape index (κ1) is 19.5. The number of hydrogen-bond donors (Lipinski definition) is 0. The van der Waals surface area contributed by atoms with Crippen LogP contribution in [-0.4, -0.2) is 41.8 Å². The highest BCUT2D eigenvalue weighted by molar-refractivity contribution is 8.02. The molecule has 1 fully saturated rings. The van der Waals surface area contributed by atoms with E-state index in [1.807, 2.05) is 21.0 Å². The van der Waals surface area contributed by atoms with E-state index in [9.17, 15) is 9.18 Å². The quantitative estimate of drug-likeness (QED) is 0.389. The van der Waals surface area contributed by atoms with Gasteiger partial charge in [-0.25, -0.2) is 18.0 Å². The summed E-state index contributed by atoms with van der Waals surface area (Å²) >= 11 is 7.87. The van der Waals surface area contributed by atoms with Crippen LogP contribution in [0.3, 0.4) is 0 Å². The fourth-order valence-electron chi connectivity index (χ4n) is 3.03. The maximum atomic E-state index is 14.4. The van der Waals surface area contributed by atoms with Crippen molar-refractivity contribution in [2.24, 2.45) is 0 Å². The maximum Gasteiger partial charge on any atom is 0.433 e. The molecule has 0 heterocycles. The molecule has 0 radical (unpaired) electrons. The smallest absolute Gasteiger partial charge is 0.244 e. The minimum atomic E-state index is -0.378. The molecule has 1 aliphatic rings. The highest BCUT2D eigenvalue weighted by atomic mass is 35.5. The summed E-state index contributed by atoms with van der Waals surface area (Å²) in [7, 11) is 3.75. The second kappa shape index (κ2) is 8.54. The SMILES string of the molecule is CCC[N+](C)(C)C(=O)N(SC1CCCCC1Cl)c1ccccc1F. The number of halogens is 2. The van der Waals surface area contributed by atoms with Crippen molar-refractivity contribution in [2.45, 2.75) is 49.7 Å². The molecule has 0 saturated heterocycles. The number of benzene rings is 1. The number of carbonyl (C=O) groups is 1. The topological polar surface area (TPSA) is 20.3 Å². The van der Waals surface area contributed by atoms with Crippen LogP contribution in [0.1, 0.15) is 39.0 Å². The van der Waals surface area contributed by atoms with Crippen LogP contribution in [0.5, 0.6) is 0 Å². The number of carbonyl (C=O) groups excluding carboxylic acids is 1. The Morgan fingerprint density at radius 3 is 2.62 bits per heavy atom. The Morgan fingerprint density at radius 2 is 2.00 bits per heavy atom. The second-order valence-corrected chi connectivity index (χ2v) is 8.62. The lowest BCUT2D eigenvalue weighted by atomic mass is 10.00. The van der Waals surface area contributed by atoms with Crippen LogP contribution in [0.15, 0.2) is 24.3 Å². The molecule has 0 N–H and O–H groups in total. The molecule has 134 valence electrons. The highest BCUT2D eigenvalue weighted by Gasteiger charge is 2.37. The molecule has 2 unspecified atom stereocenters. The van der Waals surface area contributed by atoms with Crippen LogP contribution in [-0.2, 0) is 0 Å². The standard InChI is InChI=1S/C18H27ClFN2OS/c1-4-13-22(2,3)18(23)21(16-11-7-6-10-15(16)20)24-17-12-8-5-9-14(17)19/h6-7,10-11,14,17H,4-5,8-9,12-13H2,1-3H3/q+1. The molecule has 2 atom stereocenters. The Balaban J connectivity index is 2.31. The Morgan fingerprint density at radius 1 is 1.33 bits per heavy atom. The van der Waals surface area contributed by atoms with E-state index < -0.39 is 0 Å². The zero-order chi connectivity index (χ0) is 17.7. The fraction of sp³-hybridized carbons (Fsp3) is 0.611. The first-order valence-electron chi connectivity index (χ1n) is 8.60. The number of hydrogen-bond acceptors (Lipinski definition) is 2. The number of anilines is 1. The van der Waals surface area contributed by atoms with Gasteiger partial charge < -0.3 is 0 Å². The molecule has 6 heteroatoms. The van der Waals surface area contributed by atoms with Gasteiger partial charge in [0.25, 0.3) is 0 Å². The number of alkyl halides is 1. The fourth-order valence-corrected chi connectivity index (χ4v) is 4.83. The lowest BCUT2D eigenvalue weighted by molar-refractivity contribution is -0.807. The van der Waals surface area contributed by atoms with Crippen molar-refractivity contribution in [3.05, 3.63) is 30.1 Å². The molecule has 0 aromatic heterocycles. The van der Waals surface area contributed by atoms with Crippen molar-refractivity contribution >= 4 is 35.3 Å². The molecule has 1 aromatic carbocycles.